The summed E-state index contributed by atoms with van der Waals surface area (Å²) >= 11 is 0. The summed E-state index contributed by atoms with van der Waals surface area (Å²) in [6.07, 6.45) is 8.59. The second-order valence-electron chi connectivity index (χ2n) is 6.33. The number of aliphatic hydroxyl groups is 1. The lowest BCUT2D eigenvalue weighted by Crippen LogP contribution is -2.49. The normalized spacial score (nSPS) is 33.8. The Morgan fingerprint density at radius 3 is 2.56 bits per heavy atom. The third kappa shape index (κ3) is 2.98. The van der Waals surface area contributed by atoms with Crippen LogP contribution in [0, 0.1) is 11.8 Å². The molecule has 0 spiro atoms. The summed E-state index contributed by atoms with van der Waals surface area (Å²) < 4.78 is 0. The summed E-state index contributed by atoms with van der Waals surface area (Å²) in [5, 5.41) is 13.7. The topological polar surface area (TPSA) is 32.3 Å². The van der Waals surface area contributed by atoms with E-state index in [1.54, 1.807) is 0 Å². The molecule has 2 saturated carbocycles. The zero-order valence-electron chi connectivity index (χ0n) is 10.8. The second-order valence-corrected chi connectivity index (χ2v) is 6.33. The third-order valence-corrected chi connectivity index (χ3v) is 4.66. The van der Waals surface area contributed by atoms with Crippen molar-refractivity contribution >= 4 is 0 Å². The van der Waals surface area contributed by atoms with Crippen LogP contribution in [0.1, 0.15) is 58.8 Å². The predicted octanol–water partition coefficient (Wildman–Crippen LogP) is 2.71. The predicted molar refractivity (Wildman–Crippen MR) is 67.4 cm³/mol. The lowest BCUT2D eigenvalue weighted by molar-refractivity contribution is -0.0346. The molecule has 0 aromatic rings. The van der Waals surface area contributed by atoms with Crippen LogP contribution in [-0.2, 0) is 0 Å². The monoisotopic (exact) mass is 225 g/mol. The maximum atomic E-state index is 10.1. The van der Waals surface area contributed by atoms with Gasteiger partial charge in [0, 0.05) is 12.6 Å². The molecule has 0 radical (unpaired) electrons. The second kappa shape index (κ2) is 5.05. The molecule has 2 unspecified atom stereocenters. The summed E-state index contributed by atoms with van der Waals surface area (Å²) in [7, 11) is 0. The minimum atomic E-state index is -0.356. The first kappa shape index (κ1) is 12.4. The van der Waals surface area contributed by atoms with Gasteiger partial charge in [-0.25, -0.2) is 0 Å². The number of rotatable bonds is 4. The van der Waals surface area contributed by atoms with E-state index < -0.39 is 0 Å². The molecular weight excluding hydrogens is 198 g/mol. The molecule has 2 heteroatoms. The Morgan fingerprint density at radius 1 is 1.25 bits per heavy atom. The van der Waals surface area contributed by atoms with Gasteiger partial charge in [-0.3, -0.25) is 0 Å². The number of nitrogens with one attached hydrogen (secondary N) is 1. The van der Waals surface area contributed by atoms with E-state index >= 15 is 0 Å². The van der Waals surface area contributed by atoms with E-state index in [1.807, 2.05) is 0 Å². The van der Waals surface area contributed by atoms with Crippen molar-refractivity contribution in [2.75, 3.05) is 6.54 Å². The van der Waals surface area contributed by atoms with Gasteiger partial charge in [-0.1, -0.05) is 26.7 Å². The first-order valence-corrected chi connectivity index (χ1v) is 7.05. The van der Waals surface area contributed by atoms with Gasteiger partial charge in [-0.05, 0) is 43.9 Å². The van der Waals surface area contributed by atoms with Crippen molar-refractivity contribution < 1.29 is 5.11 Å². The fraction of sp³-hybridized carbons (Fsp3) is 1.00. The van der Waals surface area contributed by atoms with Crippen molar-refractivity contribution in [3.05, 3.63) is 0 Å². The Labute approximate surface area is 99.8 Å². The zero-order valence-corrected chi connectivity index (χ0v) is 10.8. The van der Waals surface area contributed by atoms with Crippen LogP contribution in [0.2, 0.25) is 0 Å². The Morgan fingerprint density at radius 2 is 2.00 bits per heavy atom. The van der Waals surface area contributed by atoms with Crippen LogP contribution in [0.5, 0.6) is 0 Å². The van der Waals surface area contributed by atoms with Crippen LogP contribution in [0.15, 0.2) is 0 Å². The molecule has 0 aliphatic heterocycles. The summed E-state index contributed by atoms with van der Waals surface area (Å²) in [5.74, 6) is 1.71. The highest BCUT2D eigenvalue weighted by molar-refractivity contribution is 4.91. The van der Waals surface area contributed by atoms with Gasteiger partial charge in [0.25, 0.3) is 0 Å². The average Bonchev–Trinajstić information content (AvgIpc) is 2.24. The van der Waals surface area contributed by atoms with Crippen molar-refractivity contribution in [3.8, 4) is 0 Å². The summed E-state index contributed by atoms with van der Waals surface area (Å²) in [6.45, 7) is 5.50. The van der Waals surface area contributed by atoms with Crippen LogP contribution < -0.4 is 5.32 Å². The van der Waals surface area contributed by atoms with Crippen molar-refractivity contribution in [2.45, 2.75) is 70.4 Å². The van der Waals surface area contributed by atoms with E-state index in [2.05, 4.69) is 19.2 Å². The van der Waals surface area contributed by atoms with Gasteiger partial charge in [0.1, 0.15) is 0 Å². The molecule has 2 aliphatic carbocycles. The van der Waals surface area contributed by atoms with Gasteiger partial charge in [0.2, 0.25) is 0 Å². The van der Waals surface area contributed by atoms with E-state index in [0.29, 0.717) is 6.04 Å². The number of hydrogen-bond donors (Lipinski definition) is 2. The molecule has 0 saturated heterocycles. The molecule has 16 heavy (non-hydrogen) atoms. The molecule has 2 rings (SSSR count). The molecule has 94 valence electrons. The Kier molecular flexibility index (Phi) is 3.91. The quantitative estimate of drug-likeness (QED) is 0.771. The van der Waals surface area contributed by atoms with Crippen molar-refractivity contribution in [2.24, 2.45) is 11.8 Å². The van der Waals surface area contributed by atoms with E-state index in [0.717, 1.165) is 31.2 Å². The maximum absolute atomic E-state index is 10.1. The van der Waals surface area contributed by atoms with Gasteiger partial charge >= 0.3 is 0 Å². The summed E-state index contributed by atoms with van der Waals surface area (Å²) in [4.78, 5) is 0. The van der Waals surface area contributed by atoms with Crippen LogP contribution in [0.4, 0.5) is 0 Å². The Balaban J connectivity index is 1.72. The Hall–Kier alpha value is -0.0800. The lowest BCUT2D eigenvalue weighted by atomic mass is 9.77. The van der Waals surface area contributed by atoms with Crippen molar-refractivity contribution in [3.63, 3.8) is 0 Å². The van der Waals surface area contributed by atoms with E-state index in [-0.39, 0.29) is 5.60 Å². The average molecular weight is 225 g/mol. The van der Waals surface area contributed by atoms with Crippen molar-refractivity contribution in [1.29, 1.82) is 0 Å². The fourth-order valence-corrected chi connectivity index (χ4v) is 3.11. The summed E-state index contributed by atoms with van der Waals surface area (Å²) in [5.41, 5.74) is -0.356. The first-order valence-electron chi connectivity index (χ1n) is 7.05. The summed E-state index contributed by atoms with van der Waals surface area (Å²) in [6, 6.07) is 0.658. The molecule has 0 bridgehead atoms. The van der Waals surface area contributed by atoms with Gasteiger partial charge in [0.05, 0.1) is 5.60 Å². The molecule has 2 aliphatic rings. The van der Waals surface area contributed by atoms with Gasteiger partial charge in [0.15, 0.2) is 0 Å². The molecule has 2 fully saturated rings. The van der Waals surface area contributed by atoms with E-state index in [1.165, 1.54) is 32.1 Å². The van der Waals surface area contributed by atoms with Crippen LogP contribution in [0.3, 0.4) is 0 Å². The van der Waals surface area contributed by atoms with Crippen LogP contribution in [-0.4, -0.2) is 23.3 Å². The molecule has 0 aromatic heterocycles. The van der Waals surface area contributed by atoms with Gasteiger partial charge < -0.3 is 10.4 Å². The highest BCUT2D eigenvalue weighted by Crippen LogP contribution is 2.33. The smallest absolute Gasteiger partial charge is 0.0771 e. The van der Waals surface area contributed by atoms with Crippen LogP contribution >= 0.6 is 0 Å². The van der Waals surface area contributed by atoms with E-state index in [4.69, 9.17) is 0 Å². The molecule has 2 nitrogen and oxygen atoms in total. The fourth-order valence-electron chi connectivity index (χ4n) is 3.11. The van der Waals surface area contributed by atoms with E-state index in [9.17, 15) is 5.11 Å². The Bertz CT molecular complexity index is 223. The third-order valence-electron chi connectivity index (χ3n) is 4.66. The lowest BCUT2D eigenvalue weighted by Gasteiger charge is -2.39. The zero-order chi connectivity index (χ0) is 11.6. The number of hydrogen-bond acceptors (Lipinski definition) is 2. The maximum Gasteiger partial charge on any atom is 0.0771 e. The highest BCUT2D eigenvalue weighted by Gasteiger charge is 2.35. The molecule has 0 aromatic carbocycles. The highest BCUT2D eigenvalue weighted by atomic mass is 16.3. The minimum absolute atomic E-state index is 0.356. The van der Waals surface area contributed by atoms with Crippen LogP contribution in [0.25, 0.3) is 0 Å². The molecule has 2 N–H and O–H groups in total. The minimum Gasteiger partial charge on any atom is -0.389 e. The molecule has 0 heterocycles. The van der Waals surface area contributed by atoms with Gasteiger partial charge in [-0.15, -0.1) is 0 Å². The van der Waals surface area contributed by atoms with Crippen molar-refractivity contribution in [1.82, 2.24) is 5.32 Å². The molecule has 0 amide bonds. The van der Waals surface area contributed by atoms with Gasteiger partial charge in [-0.2, -0.15) is 0 Å². The largest absolute Gasteiger partial charge is 0.389 e. The standard InChI is InChI=1S/C14H27NO/c1-11(2)12-5-3-6-13(9-12)15-10-14(16)7-4-8-14/h11-13,15-16H,3-10H2,1-2H3. The first-order chi connectivity index (χ1) is 7.59. The molecular formula is C14H27NO. The molecule has 2 atom stereocenters. The SMILES string of the molecule is CC(C)C1CCCC(NCC2(O)CCC2)C1.